The molecule has 0 saturated heterocycles. The van der Waals surface area contributed by atoms with Crippen LogP contribution in [-0.4, -0.2) is 6.29 Å². The first-order chi connectivity index (χ1) is 13.8. The van der Waals surface area contributed by atoms with Crippen molar-refractivity contribution in [2.45, 2.75) is 32.1 Å². The molecule has 3 unspecified atom stereocenters. The third kappa shape index (κ3) is 1.20. The van der Waals surface area contributed by atoms with Gasteiger partial charge in [0.05, 0.1) is 0 Å². The largest absolute Gasteiger partial charge is 0.303 e. The molecule has 0 aliphatic heterocycles. The van der Waals surface area contributed by atoms with Crippen molar-refractivity contribution in [3.05, 3.63) is 35.9 Å². The van der Waals surface area contributed by atoms with E-state index in [4.69, 9.17) is 0 Å². The highest BCUT2D eigenvalue weighted by molar-refractivity contribution is 5.65. The van der Waals surface area contributed by atoms with Crippen LogP contribution in [-0.2, 0) is 11.2 Å². The standard InChI is InChI=1S/C27H30O/c28-11-27(10-12-4-2-1-3-5-12)25-15-8-6-13-17-14-7-9-16-19(14)22-20(17)21(18(13)15)23(25)24(22)26(16)27/h1-5,11,13-26H,6-10H2/t13-,14+,15-,16-,17?,18+,19-,20?,21+,22-,23-,24+,25-,26-,27?/m1/s1. The molecule has 1 aromatic rings. The van der Waals surface area contributed by atoms with Crippen molar-refractivity contribution in [3.8, 4) is 0 Å². The number of carbonyl (C=O) groups is 1. The van der Waals surface area contributed by atoms with Crippen molar-refractivity contribution < 1.29 is 4.79 Å². The van der Waals surface area contributed by atoms with Gasteiger partial charge >= 0.3 is 0 Å². The molecule has 28 heavy (non-hydrogen) atoms. The van der Waals surface area contributed by atoms with Crippen LogP contribution >= 0.6 is 0 Å². The first-order valence-electron chi connectivity index (χ1n) is 12.4. The maximum Gasteiger partial charge on any atom is 0.127 e. The summed E-state index contributed by atoms with van der Waals surface area (Å²) in [5.41, 5.74) is 1.41. The monoisotopic (exact) mass is 370 g/mol. The van der Waals surface area contributed by atoms with Crippen molar-refractivity contribution in [1.29, 1.82) is 0 Å². The molecule has 0 aromatic heterocycles. The second kappa shape index (κ2) is 4.33. The summed E-state index contributed by atoms with van der Waals surface area (Å²) >= 11 is 0. The third-order valence-corrected chi connectivity index (χ3v) is 12.8. The zero-order chi connectivity index (χ0) is 17.9. The second-order valence-corrected chi connectivity index (χ2v) is 12.4. The lowest BCUT2D eigenvalue weighted by Gasteiger charge is -2.42. The zero-order valence-corrected chi connectivity index (χ0v) is 16.5. The van der Waals surface area contributed by atoms with Crippen LogP contribution in [0.3, 0.4) is 0 Å². The van der Waals surface area contributed by atoms with Gasteiger partial charge in [0.25, 0.3) is 0 Å². The van der Waals surface area contributed by atoms with E-state index in [9.17, 15) is 4.79 Å². The fourth-order valence-corrected chi connectivity index (χ4v) is 13.4. The normalized spacial score (nSPS) is 67.1. The van der Waals surface area contributed by atoms with Gasteiger partial charge < -0.3 is 4.79 Å². The lowest BCUT2D eigenvalue weighted by molar-refractivity contribution is -0.123. The molecule has 0 N–H and O–H groups in total. The Kier molecular flexibility index (Phi) is 2.29. The predicted molar refractivity (Wildman–Crippen MR) is 106 cm³/mol. The SMILES string of the molecule is O=CC1(Cc2ccccc2)[C@@H]2[C@@H]3CC[C@@H]4C5C6[C@H]7[C@H]8[C@@H](CC[C@@H]58)[C@@H]1[C@@H]7[C@H]2[C@H]6[C@H]34. The molecular weight excluding hydrogens is 340 g/mol. The van der Waals surface area contributed by atoms with Crippen molar-refractivity contribution in [1.82, 2.24) is 0 Å². The van der Waals surface area contributed by atoms with Gasteiger partial charge in [-0.15, -0.1) is 0 Å². The van der Waals surface area contributed by atoms with Crippen LogP contribution in [0.2, 0.25) is 0 Å². The molecule has 9 rings (SSSR count). The molecule has 0 heterocycles. The second-order valence-electron chi connectivity index (χ2n) is 12.4. The molecular formula is C27H30O. The summed E-state index contributed by atoms with van der Waals surface area (Å²) in [6.07, 6.45) is 8.59. The Bertz CT molecular complexity index is 858. The Morgan fingerprint density at radius 3 is 1.75 bits per heavy atom. The van der Waals surface area contributed by atoms with Crippen LogP contribution < -0.4 is 0 Å². The fourth-order valence-electron chi connectivity index (χ4n) is 13.4. The van der Waals surface area contributed by atoms with E-state index in [1.54, 1.807) is 6.29 Å². The molecule has 8 fully saturated rings. The molecule has 15 atom stereocenters. The maximum absolute atomic E-state index is 13.2. The number of carbonyl (C=O) groups excluding carboxylic acids is 1. The van der Waals surface area contributed by atoms with Crippen LogP contribution in [0.15, 0.2) is 30.3 Å². The summed E-state index contributed by atoms with van der Waals surface area (Å²) < 4.78 is 0. The number of rotatable bonds is 3. The van der Waals surface area contributed by atoms with Crippen LogP contribution in [0, 0.1) is 88.3 Å². The summed E-state index contributed by atoms with van der Waals surface area (Å²) in [5.74, 6) is 13.7. The summed E-state index contributed by atoms with van der Waals surface area (Å²) in [5, 5.41) is 0. The highest BCUT2D eigenvalue weighted by atomic mass is 16.1. The third-order valence-electron chi connectivity index (χ3n) is 12.8. The van der Waals surface area contributed by atoms with Crippen molar-refractivity contribution in [2.24, 2.45) is 88.3 Å². The van der Waals surface area contributed by atoms with Crippen LogP contribution in [0.25, 0.3) is 0 Å². The lowest BCUT2D eigenvalue weighted by Crippen LogP contribution is -2.43. The molecule has 8 aliphatic rings. The number of fused-ring (bicyclic) bond motifs is 4. The molecule has 144 valence electrons. The minimum atomic E-state index is -0.0229. The first kappa shape index (κ1) is 14.8. The topological polar surface area (TPSA) is 17.1 Å². The Morgan fingerprint density at radius 1 is 0.679 bits per heavy atom. The van der Waals surface area contributed by atoms with E-state index < -0.39 is 0 Å². The molecule has 1 heteroatoms. The van der Waals surface area contributed by atoms with E-state index in [1.807, 2.05) is 0 Å². The molecule has 1 nitrogen and oxygen atoms in total. The molecule has 1 aromatic carbocycles. The maximum atomic E-state index is 13.2. The minimum absolute atomic E-state index is 0.0229. The van der Waals surface area contributed by atoms with E-state index in [0.29, 0.717) is 0 Å². The van der Waals surface area contributed by atoms with E-state index in [1.165, 1.54) is 31.2 Å². The number of hydrogen-bond acceptors (Lipinski definition) is 1. The molecule has 8 saturated carbocycles. The van der Waals surface area contributed by atoms with Crippen LogP contribution in [0.4, 0.5) is 0 Å². The quantitative estimate of drug-likeness (QED) is 0.704. The Labute approximate surface area is 167 Å². The number of aldehydes is 1. The molecule has 0 amide bonds. The first-order valence-corrected chi connectivity index (χ1v) is 12.4. The highest BCUT2D eigenvalue weighted by Crippen LogP contribution is 2.90. The Hall–Kier alpha value is -1.11. The van der Waals surface area contributed by atoms with Crippen LogP contribution in [0.1, 0.15) is 31.2 Å². The highest BCUT2D eigenvalue weighted by Gasteiger charge is 2.87. The van der Waals surface area contributed by atoms with Crippen molar-refractivity contribution in [3.63, 3.8) is 0 Å². The van der Waals surface area contributed by atoms with Gasteiger partial charge in [0.15, 0.2) is 0 Å². The van der Waals surface area contributed by atoms with Gasteiger partial charge in [-0.1, -0.05) is 30.3 Å². The molecule has 0 radical (unpaired) electrons. The van der Waals surface area contributed by atoms with E-state index >= 15 is 0 Å². The summed E-state index contributed by atoms with van der Waals surface area (Å²) in [6.45, 7) is 0. The average Bonchev–Trinajstić information content (AvgIpc) is 3.48. The van der Waals surface area contributed by atoms with Gasteiger partial charge in [0, 0.05) is 5.41 Å². The van der Waals surface area contributed by atoms with E-state index in [-0.39, 0.29) is 5.41 Å². The molecule has 0 bridgehead atoms. The summed E-state index contributed by atoms with van der Waals surface area (Å²) in [4.78, 5) is 13.2. The molecule has 8 aliphatic carbocycles. The van der Waals surface area contributed by atoms with Crippen molar-refractivity contribution >= 4 is 6.29 Å². The van der Waals surface area contributed by atoms with Crippen LogP contribution in [0.5, 0.6) is 0 Å². The fraction of sp³-hybridized carbons (Fsp3) is 0.741. The number of benzene rings is 1. The predicted octanol–water partition coefficient (Wildman–Crippen LogP) is 4.71. The van der Waals surface area contributed by atoms with Gasteiger partial charge in [-0.2, -0.15) is 0 Å². The van der Waals surface area contributed by atoms with Gasteiger partial charge in [-0.25, -0.2) is 0 Å². The Balaban J connectivity index is 1.31. The van der Waals surface area contributed by atoms with Gasteiger partial charge in [-0.3, -0.25) is 0 Å². The minimum Gasteiger partial charge on any atom is -0.303 e. The van der Waals surface area contributed by atoms with E-state index in [0.717, 1.165) is 89.3 Å². The molecule has 0 spiro atoms. The smallest absolute Gasteiger partial charge is 0.127 e. The zero-order valence-electron chi connectivity index (χ0n) is 16.5. The Morgan fingerprint density at radius 2 is 1.18 bits per heavy atom. The van der Waals surface area contributed by atoms with Gasteiger partial charge in [0.1, 0.15) is 6.29 Å². The lowest BCUT2D eigenvalue weighted by atomic mass is 9.61. The van der Waals surface area contributed by atoms with Gasteiger partial charge in [-0.05, 0) is 121 Å². The average molecular weight is 371 g/mol. The number of hydrogen-bond donors (Lipinski definition) is 0. The summed E-state index contributed by atoms with van der Waals surface area (Å²) in [6, 6.07) is 11.1. The summed E-state index contributed by atoms with van der Waals surface area (Å²) in [7, 11) is 0. The van der Waals surface area contributed by atoms with Crippen molar-refractivity contribution in [2.75, 3.05) is 0 Å². The van der Waals surface area contributed by atoms with Gasteiger partial charge in [0.2, 0.25) is 0 Å². The van der Waals surface area contributed by atoms with E-state index in [2.05, 4.69) is 30.3 Å².